The van der Waals surface area contributed by atoms with Crippen LogP contribution in [0.4, 0.5) is 0 Å². The Balaban J connectivity index is 2.06. The summed E-state index contributed by atoms with van der Waals surface area (Å²) in [5.41, 5.74) is 0.386. The van der Waals surface area contributed by atoms with Gasteiger partial charge in [-0.2, -0.15) is 16.9 Å². The predicted octanol–water partition coefficient (Wildman–Crippen LogP) is 1.65. The fraction of sp³-hybridized carbons (Fsp3) is 0.412. The SMILES string of the molecule is COc1ccccc1C(=O)NC(CCSC)C(=O)NCc1n[nH]c(=S)n1C. The Hall–Kier alpha value is -2.33. The van der Waals surface area contributed by atoms with Gasteiger partial charge in [-0.3, -0.25) is 14.7 Å². The summed E-state index contributed by atoms with van der Waals surface area (Å²) >= 11 is 6.67. The fourth-order valence-corrected chi connectivity index (χ4v) is 3.02. The Morgan fingerprint density at radius 3 is 2.78 bits per heavy atom. The van der Waals surface area contributed by atoms with Gasteiger partial charge in [0, 0.05) is 7.05 Å². The number of carbonyl (C=O) groups is 2. The highest BCUT2D eigenvalue weighted by atomic mass is 32.2. The van der Waals surface area contributed by atoms with Gasteiger partial charge in [-0.1, -0.05) is 12.1 Å². The molecule has 1 aromatic heterocycles. The van der Waals surface area contributed by atoms with E-state index >= 15 is 0 Å². The molecule has 0 bridgehead atoms. The van der Waals surface area contributed by atoms with Crippen molar-refractivity contribution in [2.24, 2.45) is 7.05 Å². The summed E-state index contributed by atoms with van der Waals surface area (Å²) in [6, 6.07) is 6.23. The number of rotatable bonds is 9. The van der Waals surface area contributed by atoms with Crippen molar-refractivity contribution in [1.82, 2.24) is 25.4 Å². The van der Waals surface area contributed by atoms with Crippen LogP contribution in [0.3, 0.4) is 0 Å². The Morgan fingerprint density at radius 1 is 1.41 bits per heavy atom. The molecule has 0 spiro atoms. The first-order valence-electron chi connectivity index (χ1n) is 8.28. The van der Waals surface area contributed by atoms with Gasteiger partial charge in [0.15, 0.2) is 10.6 Å². The monoisotopic (exact) mass is 409 g/mol. The van der Waals surface area contributed by atoms with E-state index in [9.17, 15) is 9.59 Å². The number of para-hydroxylation sites is 1. The number of benzene rings is 1. The maximum atomic E-state index is 12.6. The highest BCUT2D eigenvalue weighted by molar-refractivity contribution is 7.98. The van der Waals surface area contributed by atoms with E-state index in [2.05, 4.69) is 20.8 Å². The van der Waals surface area contributed by atoms with Crippen molar-refractivity contribution in [3.63, 3.8) is 0 Å². The molecule has 0 aliphatic carbocycles. The first-order valence-corrected chi connectivity index (χ1v) is 10.1. The van der Waals surface area contributed by atoms with Gasteiger partial charge in [-0.05, 0) is 42.8 Å². The second-order valence-electron chi connectivity index (χ2n) is 5.73. The van der Waals surface area contributed by atoms with Crippen LogP contribution in [-0.2, 0) is 18.4 Å². The standard InChI is InChI=1S/C17H23N5O3S2/c1-22-14(20-21-17(22)26)10-18-16(24)12(8-9-27-3)19-15(23)11-6-4-5-7-13(11)25-2/h4-7,12H,8-10H2,1-3H3,(H,18,24)(H,19,23)(H,21,26). The number of hydrogen-bond donors (Lipinski definition) is 3. The molecule has 1 atom stereocenters. The summed E-state index contributed by atoms with van der Waals surface area (Å²) < 4.78 is 7.38. The van der Waals surface area contributed by atoms with Crippen LogP contribution in [0.25, 0.3) is 0 Å². The van der Waals surface area contributed by atoms with Gasteiger partial charge in [-0.25, -0.2) is 0 Å². The number of aromatic amines is 1. The van der Waals surface area contributed by atoms with Crippen LogP contribution in [0.2, 0.25) is 0 Å². The maximum Gasteiger partial charge on any atom is 0.255 e. The maximum absolute atomic E-state index is 12.6. The zero-order chi connectivity index (χ0) is 19.8. The third kappa shape index (κ3) is 5.57. The summed E-state index contributed by atoms with van der Waals surface area (Å²) in [5, 5.41) is 12.3. The minimum Gasteiger partial charge on any atom is -0.496 e. The number of nitrogens with zero attached hydrogens (tertiary/aromatic N) is 2. The number of carbonyl (C=O) groups excluding carboxylic acids is 2. The Labute approximate surface area is 167 Å². The molecule has 3 N–H and O–H groups in total. The molecule has 0 radical (unpaired) electrons. The average Bonchev–Trinajstić information content (AvgIpc) is 3.01. The number of aromatic nitrogens is 3. The minimum absolute atomic E-state index is 0.211. The smallest absolute Gasteiger partial charge is 0.255 e. The van der Waals surface area contributed by atoms with Crippen molar-refractivity contribution >= 4 is 35.8 Å². The molecule has 0 fully saturated rings. The molecule has 1 heterocycles. The molecule has 146 valence electrons. The molecular formula is C17H23N5O3S2. The van der Waals surface area contributed by atoms with E-state index in [1.54, 1.807) is 47.6 Å². The minimum atomic E-state index is -0.665. The van der Waals surface area contributed by atoms with Crippen molar-refractivity contribution in [3.8, 4) is 5.75 Å². The number of methoxy groups -OCH3 is 1. The van der Waals surface area contributed by atoms with E-state index in [1.807, 2.05) is 6.26 Å². The molecule has 27 heavy (non-hydrogen) atoms. The molecule has 2 aromatic rings. The van der Waals surface area contributed by atoms with E-state index in [4.69, 9.17) is 17.0 Å². The van der Waals surface area contributed by atoms with Gasteiger partial charge in [0.1, 0.15) is 11.8 Å². The van der Waals surface area contributed by atoms with E-state index in [-0.39, 0.29) is 18.4 Å². The zero-order valence-corrected chi connectivity index (χ0v) is 17.1. The molecule has 0 aliphatic rings. The Bertz CT molecular complexity index is 849. The lowest BCUT2D eigenvalue weighted by Crippen LogP contribution is -2.47. The highest BCUT2D eigenvalue weighted by Crippen LogP contribution is 2.17. The molecule has 1 unspecified atom stereocenters. The summed E-state index contributed by atoms with van der Waals surface area (Å²) in [6.45, 7) is 0.211. The van der Waals surface area contributed by atoms with Crippen LogP contribution >= 0.6 is 24.0 Å². The van der Waals surface area contributed by atoms with Crippen LogP contribution < -0.4 is 15.4 Å². The lowest BCUT2D eigenvalue weighted by Gasteiger charge is -2.19. The lowest BCUT2D eigenvalue weighted by atomic mass is 10.1. The fourth-order valence-electron chi connectivity index (χ4n) is 2.40. The third-order valence-corrected chi connectivity index (χ3v) is 4.99. The average molecular weight is 410 g/mol. The number of ether oxygens (including phenoxy) is 1. The summed E-state index contributed by atoms with van der Waals surface area (Å²) in [5.74, 6) is 1.17. The van der Waals surface area contributed by atoms with E-state index in [1.165, 1.54) is 7.11 Å². The first-order chi connectivity index (χ1) is 13.0. The number of thioether (sulfide) groups is 1. The topological polar surface area (TPSA) is 101 Å². The van der Waals surface area contributed by atoms with Gasteiger partial charge < -0.3 is 19.9 Å². The molecule has 2 rings (SSSR count). The number of amides is 2. The Morgan fingerprint density at radius 2 is 2.15 bits per heavy atom. The van der Waals surface area contributed by atoms with Crippen molar-refractivity contribution in [3.05, 3.63) is 40.4 Å². The van der Waals surface area contributed by atoms with Crippen LogP contribution in [0, 0.1) is 4.77 Å². The zero-order valence-electron chi connectivity index (χ0n) is 15.4. The second-order valence-corrected chi connectivity index (χ2v) is 7.10. The molecular weight excluding hydrogens is 386 g/mol. The molecule has 0 saturated carbocycles. The largest absolute Gasteiger partial charge is 0.496 e. The summed E-state index contributed by atoms with van der Waals surface area (Å²) in [6.07, 6.45) is 2.46. The number of H-pyrrole nitrogens is 1. The normalized spacial score (nSPS) is 11.7. The van der Waals surface area contributed by atoms with E-state index in [0.717, 1.165) is 5.75 Å². The van der Waals surface area contributed by atoms with Crippen molar-refractivity contribution in [1.29, 1.82) is 0 Å². The van der Waals surface area contributed by atoms with Gasteiger partial charge in [0.2, 0.25) is 5.91 Å². The predicted molar refractivity (Wildman–Crippen MR) is 107 cm³/mol. The van der Waals surface area contributed by atoms with Crippen LogP contribution in [0.1, 0.15) is 22.6 Å². The third-order valence-electron chi connectivity index (χ3n) is 3.98. The number of nitrogens with one attached hydrogen (secondary N) is 3. The van der Waals surface area contributed by atoms with Gasteiger partial charge >= 0.3 is 0 Å². The van der Waals surface area contributed by atoms with Gasteiger partial charge in [0.05, 0.1) is 19.2 Å². The second kappa shape index (κ2) is 10.1. The quantitative estimate of drug-likeness (QED) is 0.545. The summed E-state index contributed by atoms with van der Waals surface area (Å²) in [7, 11) is 3.27. The van der Waals surface area contributed by atoms with Gasteiger partial charge in [-0.15, -0.1) is 0 Å². The first kappa shape index (κ1) is 21.0. The van der Waals surface area contributed by atoms with Crippen LogP contribution in [0.5, 0.6) is 5.75 Å². The summed E-state index contributed by atoms with van der Waals surface area (Å²) in [4.78, 5) is 25.2. The molecule has 0 saturated heterocycles. The van der Waals surface area contributed by atoms with Crippen molar-refractivity contribution in [2.45, 2.75) is 19.0 Å². The lowest BCUT2D eigenvalue weighted by molar-refractivity contribution is -0.123. The molecule has 1 aromatic carbocycles. The van der Waals surface area contributed by atoms with Gasteiger partial charge in [0.25, 0.3) is 5.91 Å². The molecule has 8 nitrogen and oxygen atoms in total. The highest BCUT2D eigenvalue weighted by Gasteiger charge is 2.22. The number of hydrogen-bond acceptors (Lipinski definition) is 6. The molecule has 10 heteroatoms. The molecule has 0 aliphatic heterocycles. The molecule has 2 amide bonds. The van der Waals surface area contributed by atoms with Crippen molar-refractivity contribution in [2.75, 3.05) is 19.1 Å². The van der Waals surface area contributed by atoms with Crippen molar-refractivity contribution < 1.29 is 14.3 Å². The van der Waals surface area contributed by atoms with E-state index < -0.39 is 6.04 Å². The Kier molecular flexibility index (Phi) is 7.86. The van der Waals surface area contributed by atoms with Crippen LogP contribution in [-0.4, -0.2) is 51.7 Å². The van der Waals surface area contributed by atoms with Crippen LogP contribution in [0.15, 0.2) is 24.3 Å². The van der Waals surface area contributed by atoms with E-state index in [0.29, 0.717) is 28.3 Å².